The summed E-state index contributed by atoms with van der Waals surface area (Å²) >= 11 is 0. The van der Waals surface area contributed by atoms with Crippen LogP contribution in [0.3, 0.4) is 0 Å². The molecule has 0 bridgehead atoms. The Morgan fingerprint density at radius 1 is 1.03 bits per heavy atom. The van der Waals surface area contributed by atoms with Gasteiger partial charge in [0, 0.05) is 19.2 Å². The number of aromatic nitrogens is 1. The number of halogens is 1. The van der Waals surface area contributed by atoms with Crippen molar-refractivity contribution in [1.29, 1.82) is 0 Å². The van der Waals surface area contributed by atoms with Gasteiger partial charge in [-0.2, -0.15) is 0 Å². The molecule has 0 radical (unpaired) electrons. The van der Waals surface area contributed by atoms with Crippen molar-refractivity contribution in [3.63, 3.8) is 0 Å². The van der Waals surface area contributed by atoms with Crippen LogP contribution in [0.25, 0.3) is 11.5 Å². The van der Waals surface area contributed by atoms with Crippen LogP contribution in [-0.2, 0) is 6.54 Å². The third-order valence-electron chi connectivity index (χ3n) is 4.39. The molecule has 7 heteroatoms. The fraction of sp³-hybridized carbons (Fsp3) is 0.304. The van der Waals surface area contributed by atoms with Crippen LogP contribution >= 0.6 is 24.0 Å². The minimum Gasteiger partial charge on any atom is -0.494 e. The van der Waals surface area contributed by atoms with Gasteiger partial charge in [0.15, 0.2) is 5.96 Å². The van der Waals surface area contributed by atoms with Gasteiger partial charge in [-0.15, -0.1) is 24.0 Å². The van der Waals surface area contributed by atoms with Crippen LogP contribution in [0.4, 0.5) is 0 Å². The van der Waals surface area contributed by atoms with Gasteiger partial charge in [-0.3, -0.25) is 4.99 Å². The van der Waals surface area contributed by atoms with Gasteiger partial charge in [-0.25, -0.2) is 4.98 Å². The van der Waals surface area contributed by atoms with Gasteiger partial charge < -0.3 is 19.8 Å². The Balaban J connectivity index is 0.00000320. The Morgan fingerprint density at radius 3 is 2.53 bits per heavy atom. The summed E-state index contributed by atoms with van der Waals surface area (Å²) in [6.45, 7) is 4.15. The van der Waals surface area contributed by atoms with E-state index < -0.39 is 0 Å². The lowest BCUT2D eigenvalue weighted by Gasteiger charge is -2.11. The second-order valence-corrected chi connectivity index (χ2v) is 6.73. The van der Waals surface area contributed by atoms with E-state index in [0.29, 0.717) is 19.0 Å². The fourth-order valence-corrected chi connectivity index (χ4v) is 2.75. The molecular weight excluding hydrogens is 491 g/mol. The van der Waals surface area contributed by atoms with E-state index in [1.807, 2.05) is 42.5 Å². The second kappa shape index (κ2) is 12.9. The number of benzene rings is 2. The minimum atomic E-state index is 0. The van der Waals surface area contributed by atoms with Crippen LogP contribution < -0.4 is 15.4 Å². The van der Waals surface area contributed by atoms with Crippen molar-refractivity contribution in [2.45, 2.75) is 26.3 Å². The Hall–Kier alpha value is -2.55. The number of hydrogen-bond donors (Lipinski definition) is 2. The molecule has 0 amide bonds. The van der Waals surface area contributed by atoms with Crippen molar-refractivity contribution in [1.82, 2.24) is 15.6 Å². The summed E-state index contributed by atoms with van der Waals surface area (Å²) in [4.78, 5) is 8.76. The van der Waals surface area contributed by atoms with Crippen LogP contribution in [0.5, 0.6) is 5.75 Å². The molecule has 0 fully saturated rings. The fourth-order valence-electron chi connectivity index (χ4n) is 2.75. The summed E-state index contributed by atoms with van der Waals surface area (Å²) in [6.07, 6.45) is 3.64. The minimum absolute atomic E-state index is 0. The van der Waals surface area contributed by atoms with Crippen molar-refractivity contribution in [2.24, 2.45) is 4.99 Å². The predicted octanol–water partition coefficient (Wildman–Crippen LogP) is 4.79. The molecule has 2 N–H and O–H groups in total. The lowest BCUT2D eigenvalue weighted by molar-refractivity contribution is 0.307. The van der Waals surface area contributed by atoms with Crippen molar-refractivity contribution >= 4 is 29.9 Å². The maximum Gasteiger partial charge on any atom is 0.226 e. The molecule has 0 atom stereocenters. The van der Waals surface area contributed by atoms with E-state index in [1.165, 1.54) is 5.56 Å². The number of ether oxygens (including phenoxy) is 1. The molecule has 0 aliphatic rings. The van der Waals surface area contributed by atoms with E-state index in [4.69, 9.17) is 9.15 Å². The van der Waals surface area contributed by atoms with Gasteiger partial charge in [0.05, 0.1) is 18.8 Å². The Bertz CT molecular complexity index is 895. The molecular formula is C23H29IN4O2. The molecule has 6 nitrogen and oxygen atoms in total. The maximum absolute atomic E-state index is 5.75. The number of nitrogens with zero attached hydrogens (tertiary/aromatic N) is 2. The first-order valence-electron chi connectivity index (χ1n) is 9.88. The third-order valence-corrected chi connectivity index (χ3v) is 4.39. The number of unbranched alkanes of at least 4 members (excludes halogenated alkanes) is 1. The normalized spacial score (nSPS) is 10.9. The zero-order chi connectivity index (χ0) is 20.3. The first kappa shape index (κ1) is 23.7. The monoisotopic (exact) mass is 520 g/mol. The summed E-state index contributed by atoms with van der Waals surface area (Å²) in [6, 6.07) is 18.0. The lowest BCUT2D eigenvalue weighted by Crippen LogP contribution is -2.37. The molecule has 30 heavy (non-hydrogen) atoms. The highest BCUT2D eigenvalue weighted by Crippen LogP contribution is 2.17. The molecule has 0 spiro atoms. The molecule has 2 aromatic carbocycles. The molecule has 0 aliphatic carbocycles. The van der Waals surface area contributed by atoms with E-state index in [1.54, 1.807) is 13.3 Å². The molecule has 1 aromatic heterocycles. The highest BCUT2D eigenvalue weighted by molar-refractivity contribution is 14.0. The van der Waals surface area contributed by atoms with Crippen molar-refractivity contribution in [3.8, 4) is 17.2 Å². The lowest BCUT2D eigenvalue weighted by atomic mass is 10.2. The third kappa shape index (κ3) is 7.70. The highest BCUT2D eigenvalue weighted by Gasteiger charge is 2.06. The summed E-state index contributed by atoms with van der Waals surface area (Å²) in [7, 11) is 1.76. The maximum atomic E-state index is 5.75. The molecule has 3 aromatic rings. The molecule has 0 saturated carbocycles. The van der Waals surface area contributed by atoms with Gasteiger partial charge in [0.25, 0.3) is 0 Å². The Labute approximate surface area is 195 Å². The van der Waals surface area contributed by atoms with E-state index in [2.05, 4.69) is 39.7 Å². The van der Waals surface area contributed by atoms with Crippen LogP contribution in [0.15, 0.2) is 70.3 Å². The van der Waals surface area contributed by atoms with Gasteiger partial charge in [-0.1, -0.05) is 35.9 Å². The SMILES string of the molecule is CN=C(NCCCCOc1ccc(C)cc1)NCc1coc(-c2ccccc2)n1.I. The summed E-state index contributed by atoms with van der Waals surface area (Å²) in [5.41, 5.74) is 3.04. The highest BCUT2D eigenvalue weighted by atomic mass is 127. The largest absolute Gasteiger partial charge is 0.494 e. The number of rotatable bonds is 9. The van der Waals surface area contributed by atoms with E-state index in [-0.39, 0.29) is 24.0 Å². The number of hydrogen-bond acceptors (Lipinski definition) is 4. The summed E-state index contributed by atoms with van der Waals surface area (Å²) < 4.78 is 11.3. The Kier molecular flexibility index (Phi) is 10.2. The predicted molar refractivity (Wildman–Crippen MR) is 131 cm³/mol. The van der Waals surface area contributed by atoms with Crippen LogP contribution in [0, 0.1) is 6.92 Å². The number of oxazole rings is 1. The number of nitrogens with one attached hydrogen (secondary N) is 2. The zero-order valence-electron chi connectivity index (χ0n) is 17.4. The molecule has 0 aliphatic heterocycles. The van der Waals surface area contributed by atoms with E-state index in [9.17, 15) is 0 Å². The van der Waals surface area contributed by atoms with Gasteiger partial charge in [-0.05, 0) is 44.0 Å². The Morgan fingerprint density at radius 2 is 1.80 bits per heavy atom. The molecule has 3 rings (SSSR count). The molecule has 0 unspecified atom stereocenters. The molecule has 160 valence electrons. The van der Waals surface area contributed by atoms with E-state index in [0.717, 1.165) is 42.4 Å². The number of aryl methyl sites for hydroxylation is 1. The van der Waals surface area contributed by atoms with Crippen molar-refractivity contribution < 1.29 is 9.15 Å². The van der Waals surface area contributed by atoms with Gasteiger partial charge >= 0.3 is 0 Å². The average molecular weight is 520 g/mol. The molecule has 0 saturated heterocycles. The van der Waals surface area contributed by atoms with Crippen molar-refractivity contribution in [3.05, 3.63) is 72.1 Å². The van der Waals surface area contributed by atoms with Crippen LogP contribution in [-0.4, -0.2) is 31.1 Å². The van der Waals surface area contributed by atoms with E-state index >= 15 is 0 Å². The first-order chi connectivity index (χ1) is 14.2. The number of guanidine groups is 1. The average Bonchev–Trinajstić information content (AvgIpc) is 3.24. The summed E-state index contributed by atoms with van der Waals surface area (Å²) in [5.74, 6) is 2.29. The van der Waals surface area contributed by atoms with Crippen molar-refractivity contribution in [2.75, 3.05) is 20.2 Å². The number of aliphatic imine (C=N–C) groups is 1. The topological polar surface area (TPSA) is 71.7 Å². The molecule has 1 heterocycles. The van der Waals surface area contributed by atoms with Gasteiger partial charge in [0.2, 0.25) is 5.89 Å². The quantitative estimate of drug-likeness (QED) is 0.184. The van der Waals surface area contributed by atoms with Gasteiger partial charge in [0.1, 0.15) is 12.0 Å². The zero-order valence-corrected chi connectivity index (χ0v) is 19.8. The van der Waals surface area contributed by atoms with Crippen LogP contribution in [0.1, 0.15) is 24.1 Å². The standard InChI is InChI=1S/C23H28N4O2.HI/c1-18-10-12-21(13-11-18)28-15-7-6-14-25-23(24-2)26-16-20-17-29-22(27-20)19-8-4-3-5-9-19;/h3-5,8-13,17H,6-7,14-16H2,1-2H3,(H2,24,25,26);1H. The van der Waals surface area contributed by atoms with Crippen LogP contribution in [0.2, 0.25) is 0 Å². The first-order valence-corrected chi connectivity index (χ1v) is 9.88. The smallest absolute Gasteiger partial charge is 0.226 e. The second-order valence-electron chi connectivity index (χ2n) is 6.73. The summed E-state index contributed by atoms with van der Waals surface area (Å²) in [5, 5.41) is 6.57.